The SMILES string of the molecule is CC(Oc1cnc2c(c1)c(SC(C)(C)C)c(CC(C)(C)C(=O)O)n2Cc1ccc(Cl)cc1)c1ccc2ccccc2n1. The number of carbonyl (C=O) groups is 1. The van der Waals surface area contributed by atoms with Crippen molar-refractivity contribution in [2.75, 3.05) is 0 Å². The third kappa shape index (κ3) is 6.58. The third-order valence-corrected chi connectivity index (χ3v) is 8.65. The molecule has 2 aromatic carbocycles. The number of thioether (sulfide) groups is 1. The highest BCUT2D eigenvalue weighted by molar-refractivity contribution is 8.00. The zero-order chi connectivity index (χ0) is 30.2. The average Bonchev–Trinajstić information content (AvgIpc) is 3.19. The van der Waals surface area contributed by atoms with Gasteiger partial charge < -0.3 is 14.4 Å². The molecule has 0 aliphatic carbocycles. The van der Waals surface area contributed by atoms with Gasteiger partial charge >= 0.3 is 5.97 Å². The summed E-state index contributed by atoms with van der Waals surface area (Å²) in [6.07, 6.45) is 1.79. The summed E-state index contributed by atoms with van der Waals surface area (Å²) in [5.74, 6) is -0.209. The number of aromatic nitrogens is 3. The quantitative estimate of drug-likeness (QED) is 0.170. The van der Waals surface area contributed by atoms with E-state index >= 15 is 0 Å². The summed E-state index contributed by atoms with van der Waals surface area (Å²) in [5, 5.41) is 12.7. The molecule has 0 aliphatic heterocycles. The van der Waals surface area contributed by atoms with Crippen LogP contribution in [0.5, 0.6) is 5.75 Å². The van der Waals surface area contributed by atoms with Gasteiger partial charge in [-0.15, -0.1) is 11.8 Å². The smallest absolute Gasteiger partial charge is 0.309 e. The van der Waals surface area contributed by atoms with Gasteiger partial charge in [-0.2, -0.15) is 0 Å². The number of carboxylic acid groups (broad SMARTS) is 1. The number of fused-ring (bicyclic) bond motifs is 2. The van der Waals surface area contributed by atoms with E-state index in [1.54, 1.807) is 31.8 Å². The van der Waals surface area contributed by atoms with Crippen LogP contribution in [0.25, 0.3) is 21.9 Å². The Morgan fingerprint density at radius 1 is 1.05 bits per heavy atom. The van der Waals surface area contributed by atoms with Crippen LogP contribution in [-0.2, 0) is 17.8 Å². The molecule has 5 rings (SSSR count). The topological polar surface area (TPSA) is 77.2 Å². The Morgan fingerprint density at radius 2 is 1.76 bits per heavy atom. The van der Waals surface area contributed by atoms with Crippen molar-refractivity contribution in [3.63, 3.8) is 0 Å². The zero-order valence-electron chi connectivity index (χ0n) is 24.8. The van der Waals surface area contributed by atoms with E-state index in [0.29, 0.717) is 23.7 Å². The summed E-state index contributed by atoms with van der Waals surface area (Å²) in [4.78, 5) is 23.0. The lowest BCUT2D eigenvalue weighted by atomic mass is 9.88. The van der Waals surface area contributed by atoms with Crippen molar-refractivity contribution in [1.82, 2.24) is 14.5 Å². The molecule has 42 heavy (non-hydrogen) atoms. The maximum absolute atomic E-state index is 12.3. The van der Waals surface area contributed by atoms with E-state index in [0.717, 1.165) is 43.8 Å². The van der Waals surface area contributed by atoms with Gasteiger partial charge in [0.1, 0.15) is 17.5 Å². The van der Waals surface area contributed by atoms with Crippen LogP contribution in [0.4, 0.5) is 0 Å². The van der Waals surface area contributed by atoms with Crippen LogP contribution in [0.3, 0.4) is 0 Å². The Balaban J connectivity index is 1.61. The number of hydrogen-bond acceptors (Lipinski definition) is 5. The molecule has 0 aliphatic rings. The number of nitrogens with zero attached hydrogens (tertiary/aromatic N) is 3. The molecule has 0 saturated heterocycles. The van der Waals surface area contributed by atoms with Gasteiger partial charge in [-0.05, 0) is 56.7 Å². The zero-order valence-corrected chi connectivity index (χ0v) is 26.4. The molecule has 1 atom stereocenters. The van der Waals surface area contributed by atoms with E-state index in [1.165, 1.54) is 0 Å². The summed E-state index contributed by atoms with van der Waals surface area (Å²) < 4.78 is 8.43. The molecule has 0 saturated carbocycles. The summed E-state index contributed by atoms with van der Waals surface area (Å²) in [7, 11) is 0. The maximum atomic E-state index is 12.3. The molecule has 0 radical (unpaired) electrons. The van der Waals surface area contributed by atoms with E-state index < -0.39 is 11.4 Å². The van der Waals surface area contributed by atoms with Gasteiger partial charge in [0.05, 0.1) is 22.8 Å². The van der Waals surface area contributed by atoms with E-state index in [2.05, 4.69) is 31.4 Å². The molecule has 1 unspecified atom stereocenters. The fourth-order valence-electron chi connectivity index (χ4n) is 4.90. The molecule has 5 aromatic rings. The van der Waals surface area contributed by atoms with Crippen LogP contribution in [0.15, 0.2) is 77.8 Å². The summed E-state index contributed by atoms with van der Waals surface area (Å²) in [6.45, 7) is 12.5. The lowest BCUT2D eigenvalue weighted by Crippen LogP contribution is -2.28. The fourth-order valence-corrected chi connectivity index (χ4v) is 6.19. The molecule has 0 amide bonds. The summed E-state index contributed by atoms with van der Waals surface area (Å²) in [6, 6.07) is 21.8. The van der Waals surface area contributed by atoms with Gasteiger partial charge in [-0.25, -0.2) is 9.97 Å². The second kappa shape index (κ2) is 11.6. The van der Waals surface area contributed by atoms with Gasteiger partial charge in [-0.1, -0.05) is 68.8 Å². The first-order valence-electron chi connectivity index (χ1n) is 14.0. The molecule has 1 N–H and O–H groups in total. The second-order valence-electron chi connectivity index (χ2n) is 12.3. The number of ether oxygens (including phenoxy) is 1. The second-order valence-corrected chi connectivity index (χ2v) is 14.6. The highest BCUT2D eigenvalue weighted by atomic mass is 35.5. The molecule has 8 heteroatoms. The van der Waals surface area contributed by atoms with E-state index in [1.807, 2.05) is 67.6 Å². The van der Waals surface area contributed by atoms with Crippen LogP contribution >= 0.6 is 23.4 Å². The van der Waals surface area contributed by atoms with Gasteiger partial charge in [0.15, 0.2) is 0 Å². The fraction of sp³-hybridized carbons (Fsp3) is 0.324. The van der Waals surface area contributed by atoms with Crippen molar-refractivity contribution >= 4 is 51.3 Å². The lowest BCUT2D eigenvalue weighted by Gasteiger charge is -2.24. The van der Waals surface area contributed by atoms with Crippen molar-refractivity contribution in [3.8, 4) is 5.75 Å². The molecule has 3 aromatic heterocycles. The Bertz CT molecular complexity index is 1760. The number of pyridine rings is 2. The molecule has 3 heterocycles. The minimum Gasteiger partial charge on any atom is -0.483 e. The Morgan fingerprint density at radius 3 is 2.45 bits per heavy atom. The Labute approximate surface area is 256 Å². The van der Waals surface area contributed by atoms with Crippen LogP contribution in [0.1, 0.15) is 64.6 Å². The summed E-state index contributed by atoms with van der Waals surface area (Å²) in [5.41, 5.74) is 3.57. The van der Waals surface area contributed by atoms with Crippen molar-refractivity contribution in [2.24, 2.45) is 5.41 Å². The first-order chi connectivity index (χ1) is 19.8. The van der Waals surface area contributed by atoms with E-state index in [-0.39, 0.29) is 10.9 Å². The minimum absolute atomic E-state index is 0.124. The van der Waals surface area contributed by atoms with Crippen LogP contribution in [0.2, 0.25) is 5.02 Å². The van der Waals surface area contributed by atoms with Gasteiger partial charge in [0, 0.05) is 44.1 Å². The Hall–Kier alpha value is -3.55. The van der Waals surface area contributed by atoms with Gasteiger partial charge in [0.2, 0.25) is 0 Å². The van der Waals surface area contributed by atoms with Gasteiger partial charge in [-0.3, -0.25) is 4.79 Å². The standard InChI is InChI=1S/C34H36ClN3O3S/c1-21(27-16-13-23-9-7-8-10-28(23)37-27)41-25-17-26-30(42-33(2,3)4)29(18-34(5,6)32(39)40)38(31(26)36-19-25)20-22-11-14-24(35)15-12-22/h7-17,19,21H,18,20H2,1-6H3,(H,39,40). The van der Waals surface area contributed by atoms with E-state index in [4.69, 9.17) is 26.3 Å². The van der Waals surface area contributed by atoms with Crippen molar-refractivity contribution in [1.29, 1.82) is 0 Å². The molecule has 0 fully saturated rings. The third-order valence-electron chi connectivity index (χ3n) is 7.13. The van der Waals surface area contributed by atoms with Crippen molar-refractivity contribution in [3.05, 3.63) is 94.9 Å². The van der Waals surface area contributed by atoms with E-state index in [9.17, 15) is 9.90 Å². The highest BCUT2D eigenvalue weighted by Gasteiger charge is 2.33. The van der Waals surface area contributed by atoms with Crippen LogP contribution in [0, 0.1) is 5.41 Å². The van der Waals surface area contributed by atoms with Crippen molar-refractivity contribution < 1.29 is 14.6 Å². The molecule has 6 nitrogen and oxygen atoms in total. The molecular weight excluding hydrogens is 566 g/mol. The maximum Gasteiger partial charge on any atom is 0.309 e. The number of aliphatic carboxylic acids is 1. The first-order valence-corrected chi connectivity index (χ1v) is 15.2. The summed E-state index contributed by atoms with van der Waals surface area (Å²) >= 11 is 7.89. The van der Waals surface area contributed by atoms with Crippen LogP contribution < -0.4 is 4.74 Å². The minimum atomic E-state index is -0.977. The average molecular weight is 602 g/mol. The molecule has 0 bridgehead atoms. The molecular formula is C34H36ClN3O3S. The number of halogens is 1. The number of carboxylic acids is 1. The van der Waals surface area contributed by atoms with Crippen molar-refractivity contribution in [2.45, 2.75) is 70.3 Å². The molecule has 0 spiro atoms. The Kier molecular flexibility index (Phi) is 8.28. The monoisotopic (exact) mass is 601 g/mol. The number of benzene rings is 2. The largest absolute Gasteiger partial charge is 0.483 e. The predicted octanol–water partition coefficient (Wildman–Crippen LogP) is 8.97. The highest BCUT2D eigenvalue weighted by Crippen LogP contribution is 2.44. The normalized spacial score (nSPS) is 13.0. The molecule has 218 valence electrons. The number of hydrogen-bond donors (Lipinski definition) is 1. The first kappa shape index (κ1) is 29.9. The number of rotatable bonds is 9. The van der Waals surface area contributed by atoms with Gasteiger partial charge in [0.25, 0.3) is 0 Å². The predicted molar refractivity (Wildman–Crippen MR) is 172 cm³/mol. The number of para-hydroxylation sites is 1. The van der Waals surface area contributed by atoms with Crippen LogP contribution in [-0.4, -0.2) is 30.4 Å². The lowest BCUT2D eigenvalue weighted by molar-refractivity contribution is -0.146.